The molecule has 0 aliphatic carbocycles. The van der Waals surface area contributed by atoms with E-state index in [0.717, 1.165) is 0 Å². The van der Waals surface area contributed by atoms with Crippen molar-refractivity contribution < 1.29 is 9.13 Å². The maximum atomic E-state index is 12.8. The third-order valence-corrected chi connectivity index (χ3v) is 1.60. The zero-order valence-electron chi connectivity index (χ0n) is 7.71. The van der Waals surface area contributed by atoms with Crippen LogP contribution >= 0.6 is 12.2 Å². The first kappa shape index (κ1) is 10.7. The predicted molar refractivity (Wildman–Crippen MR) is 58.0 cm³/mol. The first-order valence-electron chi connectivity index (χ1n) is 4.12. The molecule has 0 aliphatic heterocycles. The molecule has 76 valence electrons. The second-order valence-electron chi connectivity index (χ2n) is 2.56. The predicted octanol–water partition coefficient (Wildman–Crippen LogP) is 1.88. The van der Waals surface area contributed by atoms with Gasteiger partial charge in [0.15, 0.2) is 5.11 Å². The summed E-state index contributed by atoms with van der Waals surface area (Å²) in [5, 5.41) is 2.83. The number of benzene rings is 1. The van der Waals surface area contributed by atoms with Crippen molar-refractivity contribution in [2.24, 2.45) is 5.73 Å². The maximum absolute atomic E-state index is 12.8. The Morgan fingerprint density at radius 3 is 2.93 bits per heavy atom. The van der Waals surface area contributed by atoms with Crippen molar-refractivity contribution in [1.82, 2.24) is 0 Å². The highest BCUT2D eigenvalue weighted by atomic mass is 32.1. The topological polar surface area (TPSA) is 47.3 Å². The van der Waals surface area contributed by atoms with Crippen LogP contribution < -0.4 is 15.8 Å². The van der Waals surface area contributed by atoms with Crippen LogP contribution in [0.15, 0.2) is 18.2 Å². The van der Waals surface area contributed by atoms with Gasteiger partial charge in [-0.15, -0.1) is 0 Å². The Labute approximate surface area is 87.1 Å². The van der Waals surface area contributed by atoms with Gasteiger partial charge in [-0.1, -0.05) is 0 Å². The highest BCUT2D eigenvalue weighted by molar-refractivity contribution is 7.80. The number of halogens is 1. The van der Waals surface area contributed by atoms with Crippen LogP contribution in [0.25, 0.3) is 0 Å². The van der Waals surface area contributed by atoms with E-state index in [1.54, 1.807) is 0 Å². The molecule has 1 rings (SSSR count). The molecule has 0 amide bonds. The molecule has 0 saturated carbocycles. The number of nitrogens with one attached hydrogen (secondary N) is 1. The van der Waals surface area contributed by atoms with Crippen LogP contribution in [0.1, 0.15) is 6.92 Å². The summed E-state index contributed by atoms with van der Waals surface area (Å²) in [4.78, 5) is 0. The summed E-state index contributed by atoms with van der Waals surface area (Å²) in [5.74, 6) is 0.0437. The molecule has 0 spiro atoms. The lowest BCUT2D eigenvalue weighted by molar-refractivity contribution is 0.340. The van der Waals surface area contributed by atoms with E-state index in [9.17, 15) is 4.39 Å². The van der Waals surface area contributed by atoms with Gasteiger partial charge < -0.3 is 15.8 Å². The maximum Gasteiger partial charge on any atom is 0.168 e. The first-order chi connectivity index (χ1) is 6.63. The van der Waals surface area contributed by atoms with Crippen molar-refractivity contribution in [2.45, 2.75) is 6.92 Å². The smallest absolute Gasteiger partial charge is 0.168 e. The molecule has 0 heterocycles. The monoisotopic (exact) mass is 214 g/mol. The van der Waals surface area contributed by atoms with Crippen molar-refractivity contribution >= 4 is 23.0 Å². The Morgan fingerprint density at radius 2 is 2.36 bits per heavy atom. The van der Waals surface area contributed by atoms with E-state index < -0.39 is 0 Å². The van der Waals surface area contributed by atoms with Crippen LogP contribution in [-0.4, -0.2) is 11.7 Å². The molecular formula is C9H11FN2OS. The van der Waals surface area contributed by atoms with Crippen LogP contribution in [0.2, 0.25) is 0 Å². The van der Waals surface area contributed by atoms with Crippen LogP contribution in [0.4, 0.5) is 10.1 Å². The van der Waals surface area contributed by atoms with Crippen LogP contribution in [-0.2, 0) is 0 Å². The quantitative estimate of drug-likeness (QED) is 0.754. The number of rotatable bonds is 3. The van der Waals surface area contributed by atoms with Gasteiger partial charge in [-0.3, -0.25) is 0 Å². The molecule has 0 unspecified atom stereocenters. The van der Waals surface area contributed by atoms with Crippen molar-refractivity contribution in [1.29, 1.82) is 0 Å². The van der Waals surface area contributed by atoms with E-state index in [4.69, 9.17) is 10.5 Å². The summed E-state index contributed by atoms with van der Waals surface area (Å²) in [5.41, 5.74) is 5.87. The standard InChI is InChI=1S/C9H11FN2OS/c1-2-13-8-5-6(10)3-4-7(8)12-9(11)14/h3-5H,2H2,1H3,(H3,11,12,14). The lowest BCUT2D eigenvalue weighted by Crippen LogP contribution is -2.19. The largest absolute Gasteiger partial charge is 0.492 e. The Bertz CT molecular complexity index is 344. The third-order valence-electron chi connectivity index (χ3n) is 1.50. The zero-order valence-corrected chi connectivity index (χ0v) is 8.53. The van der Waals surface area contributed by atoms with Gasteiger partial charge in [0.2, 0.25) is 0 Å². The average molecular weight is 214 g/mol. The molecule has 0 bridgehead atoms. The summed E-state index contributed by atoms with van der Waals surface area (Å²) in [6, 6.07) is 4.12. The van der Waals surface area contributed by atoms with Gasteiger partial charge in [-0.25, -0.2) is 4.39 Å². The van der Waals surface area contributed by atoms with Crippen molar-refractivity contribution in [3.63, 3.8) is 0 Å². The van der Waals surface area contributed by atoms with Gasteiger partial charge in [-0.05, 0) is 31.3 Å². The Morgan fingerprint density at radius 1 is 1.64 bits per heavy atom. The summed E-state index contributed by atoms with van der Waals surface area (Å²) in [7, 11) is 0. The van der Waals surface area contributed by atoms with E-state index in [2.05, 4.69) is 17.5 Å². The third kappa shape index (κ3) is 2.85. The second kappa shape index (κ2) is 4.76. The average Bonchev–Trinajstić information content (AvgIpc) is 2.09. The fraction of sp³-hybridized carbons (Fsp3) is 0.222. The molecule has 0 saturated heterocycles. The minimum Gasteiger partial charge on any atom is -0.492 e. The molecule has 5 heteroatoms. The van der Waals surface area contributed by atoms with E-state index in [1.807, 2.05) is 6.92 Å². The van der Waals surface area contributed by atoms with Crippen molar-refractivity contribution in [3.8, 4) is 5.75 Å². The molecular weight excluding hydrogens is 203 g/mol. The SMILES string of the molecule is CCOc1cc(F)ccc1NC(N)=S. The fourth-order valence-electron chi connectivity index (χ4n) is 1.01. The summed E-state index contributed by atoms with van der Waals surface area (Å²) < 4.78 is 18.0. The Hall–Kier alpha value is -1.36. The fourth-order valence-corrected chi connectivity index (χ4v) is 1.12. The lowest BCUT2D eigenvalue weighted by Gasteiger charge is -2.10. The van der Waals surface area contributed by atoms with E-state index in [-0.39, 0.29) is 10.9 Å². The molecule has 0 atom stereocenters. The number of nitrogens with two attached hydrogens (primary N) is 1. The summed E-state index contributed by atoms with van der Waals surface area (Å²) >= 11 is 4.67. The van der Waals surface area contributed by atoms with E-state index in [1.165, 1.54) is 18.2 Å². The molecule has 3 N–H and O–H groups in total. The number of hydrogen-bond acceptors (Lipinski definition) is 2. The molecule has 1 aromatic carbocycles. The number of hydrogen-bond donors (Lipinski definition) is 2. The van der Waals surface area contributed by atoms with Crippen LogP contribution in [0.5, 0.6) is 5.75 Å². The van der Waals surface area contributed by atoms with Gasteiger partial charge in [-0.2, -0.15) is 0 Å². The highest BCUT2D eigenvalue weighted by Gasteiger charge is 2.04. The first-order valence-corrected chi connectivity index (χ1v) is 4.53. The van der Waals surface area contributed by atoms with Crippen molar-refractivity contribution in [3.05, 3.63) is 24.0 Å². The molecule has 0 fully saturated rings. The molecule has 0 radical (unpaired) electrons. The van der Waals surface area contributed by atoms with Gasteiger partial charge in [0.25, 0.3) is 0 Å². The highest BCUT2D eigenvalue weighted by Crippen LogP contribution is 2.25. The molecule has 0 aliphatic rings. The van der Waals surface area contributed by atoms with Crippen LogP contribution in [0, 0.1) is 5.82 Å². The van der Waals surface area contributed by atoms with Gasteiger partial charge in [0, 0.05) is 6.07 Å². The zero-order chi connectivity index (χ0) is 10.6. The molecule has 1 aromatic rings. The van der Waals surface area contributed by atoms with Gasteiger partial charge >= 0.3 is 0 Å². The summed E-state index contributed by atoms with van der Waals surface area (Å²) in [6.07, 6.45) is 0. The Balaban J connectivity index is 2.95. The Kier molecular flexibility index (Phi) is 3.64. The number of thiocarbonyl (C=S) groups is 1. The minimum absolute atomic E-state index is 0.123. The van der Waals surface area contributed by atoms with E-state index >= 15 is 0 Å². The van der Waals surface area contributed by atoms with Gasteiger partial charge in [0.05, 0.1) is 12.3 Å². The lowest BCUT2D eigenvalue weighted by atomic mass is 10.3. The molecule has 14 heavy (non-hydrogen) atoms. The second-order valence-corrected chi connectivity index (χ2v) is 3.00. The molecule has 0 aromatic heterocycles. The normalized spacial score (nSPS) is 9.57. The van der Waals surface area contributed by atoms with Crippen molar-refractivity contribution in [2.75, 3.05) is 11.9 Å². The van der Waals surface area contributed by atoms with Gasteiger partial charge in [0.1, 0.15) is 11.6 Å². The molecule has 3 nitrogen and oxygen atoms in total. The summed E-state index contributed by atoms with van der Waals surface area (Å²) in [6.45, 7) is 2.27. The minimum atomic E-state index is -0.359. The van der Waals surface area contributed by atoms with Crippen LogP contribution in [0.3, 0.4) is 0 Å². The number of ether oxygens (including phenoxy) is 1. The van der Waals surface area contributed by atoms with E-state index in [0.29, 0.717) is 18.0 Å². The number of anilines is 1.